The molecule has 0 saturated carbocycles. The Morgan fingerprint density at radius 1 is 1.29 bits per heavy atom. The fraction of sp³-hybridized carbons (Fsp3) is 0.667. The van der Waals surface area contributed by atoms with Gasteiger partial charge in [0.15, 0.2) is 11.0 Å². The van der Waals surface area contributed by atoms with Gasteiger partial charge in [-0.15, -0.1) is 10.2 Å². The highest BCUT2D eigenvalue weighted by Crippen LogP contribution is 2.21. The van der Waals surface area contributed by atoms with Crippen LogP contribution in [-0.4, -0.2) is 27.4 Å². The van der Waals surface area contributed by atoms with Crippen molar-refractivity contribution in [1.82, 2.24) is 10.2 Å². The van der Waals surface area contributed by atoms with Crippen LogP contribution in [0.1, 0.15) is 37.8 Å². The summed E-state index contributed by atoms with van der Waals surface area (Å²) in [4.78, 5) is 0. The van der Waals surface area contributed by atoms with Gasteiger partial charge in [0, 0.05) is 6.54 Å². The minimum atomic E-state index is -0.726. The molecule has 1 heterocycles. The van der Waals surface area contributed by atoms with E-state index >= 15 is 0 Å². The van der Waals surface area contributed by atoms with Crippen LogP contribution in [0.25, 0.3) is 0 Å². The molecule has 96 valence electrons. The van der Waals surface area contributed by atoms with Gasteiger partial charge < -0.3 is 10.4 Å². The van der Waals surface area contributed by atoms with E-state index in [2.05, 4.69) is 15.5 Å². The van der Waals surface area contributed by atoms with Gasteiger partial charge in [0.2, 0.25) is 0 Å². The summed E-state index contributed by atoms with van der Waals surface area (Å²) in [6.07, 6.45) is 1.69. The molecule has 1 aromatic rings. The van der Waals surface area contributed by atoms with Crippen molar-refractivity contribution in [1.29, 1.82) is 0 Å². The van der Waals surface area contributed by atoms with E-state index in [1.54, 1.807) is 0 Å². The van der Waals surface area contributed by atoms with Gasteiger partial charge >= 0.3 is 0 Å². The average molecular weight is 258 g/mol. The summed E-state index contributed by atoms with van der Waals surface area (Å²) in [5.74, 6) is 0.684. The summed E-state index contributed by atoms with van der Waals surface area (Å²) < 4.78 is 0. The number of aromatic nitrogens is 2. The van der Waals surface area contributed by atoms with E-state index in [9.17, 15) is 5.11 Å². The lowest BCUT2D eigenvalue weighted by molar-refractivity contribution is 0.0636. The molecular weight excluding hydrogens is 238 g/mol. The first-order valence-electron chi connectivity index (χ1n) is 5.83. The fourth-order valence-electron chi connectivity index (χ4n) is 1.65. The van der Waals surface area contributed by atoms with Crippen LogP contribution >= 0.6 is 11.6 Å². The van der Waals surface area contributed by atoms with Gasteiger partial charge in [-0.25, -0.2) is 0 Å². The van der Waals surface area contributed by atoms with Crippen molar-refractivity contribution in [3.05, 3.63) is 16.3 Å². The summed E-state index contributed by atoms with van der Waals surface area (Å²) in [6.45, 7) is 8.16. The third kappa shape index (κ3) is 3.82. The molecule has 0 radical (unpaired) electrons. The van der Waals surface area contributed by atoms with Crippen molar-refractivity contribution in [2.45, 2.75) is 46.1 Å². The van der Waals surface area contributed by atoms with Crippen LogP contribution in [0.2, 0.25) is 5.15 Å². The largest absolute Gasteiger partial charge is 0.388 e. The number of rotatable bonds is 5. The number of hydrogen-bond acceptors (Lipinski definition) is 4. The van der Waals surface area contributed by atoms with Gasteiger partial charge in [-0.05, 0) is 38.3 Å². The molecule has 1 rings (SSSR count). The van der Waals surface area contributed by atoms with Gasteiger partial charge in [-0.3, -0.25) is 0 Å². The standard InChI is InChI=1S/C12H20ClN3O/c1-5-6-12(4,17)7-14-11-9(3)8(2)10(13)15-16-11/h17H,5-7H2,1-4H3,(H,14,16). The van der Waals surface area contributed by atoms with E-state index in [1.165, 1.54) is 0 Å². The van der Waals surface area contributed by atoms with Crippen LogP contribution in [0, 0.1) is 13.8 Å². The first-order valence-corrected chi connectivity index (χ1v) is 6.21. The maximum atomic E-state index is 10.1. The molecule has 0 aliphatic heterocycles. The minimum absolute atomic E-state index is 0.424. The van der Waals surface area contributed by atoms with Crippen LogP contribution < -0.4 is 5.32 Å². The second-order valence-corrected chi connectivity index (χ2v) is 5.05. The molecule has 0 aliphatic rings. The zero-order valence-electron chi connectivity index (χ0n) is 10.8. The third-order valence-corrected chi connectivity index (χ3v) is 3.25. The molecular formula is C12H20ClN3O. The lowest BCUT2D eigenvalue weighted by Crippen LogP contribution is -2.33. The zero-order valence-corrected chi connectivity index (χ0v) is 11.6. The first kappa shape index (κ1) is 14.2. The lowest BCUT2D eigenvalue weighted by atomic mass is 10.0. The van der Waals surface area contributed by atoms with E-state index in [0.29, 0.717) is 17.5 Å². The Kier molecular flexibility index (Phi) is 4.71. The molecule has 0 spiro atoms. The Labute approximate surface area is 107 Å². The predicted octanol–water partition coefficient (Wildman–Crippen LogP) is 2.71. The van der Waals surface area contributed by atoms with Gasteiger partial charge in [-0.2, -0.15) is 0 Å². The monoisotopic (exact) mass is 257 g/mol. The smallest absolute Gasteiger partial charge is 0.155 e. The fourth-order valence-corrected chi connectivity index (χ4v) is 1.82. The molecule has 0 aliphatic carbocycles. The number of anilines is 1. The quantitative estimate of drug-likeness (QED) is 0.852. The molecule has 0 saturated heterocycles. The van der Waals surface area contributed by atoms with Crippen molar-refractivity contribution in [2.75, 3.05) is 11.9 Å². The topological polar surface area (TPSA) is 58.0 Å². The number of aliphatic hydroxyl groups is 1. The van der Waals surface area contributed by atoms with E-state index < -0.39 is 5.60 Å². The Morgan fingerprint density at radius 3 is 2.53 bits per heavy atom. The van der Waals surface area contributed by atoms with Gasteiger partial charge in [0.1, 0.15) is 0 Å². The molecule has 0 bridgehead atoms. The molecule has 5 heteroatoms. The molecule has 0 amide bonds. The number of nitrogens with one attached hydrogen (secondary N) is 1. The highest BCUT2D eigenvalue weighted by molar-refractivity contribution is 6.30. The third-order valence-electron chi connectivity index (χ3n) is 2.89. The Hall–Kier alpha value is -0.870. The number of hydrogen-bond donors (Lipinski definition) is 2. The Balaban J connectivity index is 2.73. The van der Waals surface area contributed by atoms with Crippen molar-refractivity contribution < 1.29 is 5.11 Å². The van der Waals surface area contributed by atoms with Crippen molar-refractivity contribution in [3.8, 4) is 0 Å². The predicted molar refractivity (Wildman–Crippen MR) is 70.5 cm³/mol. The average Bonchev–Trinajstić information content (AvgIpc) is 2.25. The molecule has 1 aromatic heterocycles. The lowest BCUT2D eigenvalue weighted by Gasteiger charge is -2.23. The van der Waals surface area contributed by atoms with Gasteiger partial charge in [-0.1, -0.05) is 24.9 Å². The summed E-state index contributed by atoms with van der Waals surface area (Å²) in [5, 5.41) is 21.5. The normalized spacial score (nSPS) is 14.5. The minimum Gasteiger partial charge on any atom is -0.388 e. The molecule has 2 N–H and O–H groups in total. The molecule has 4 nitrogen and oxygen atoms in total. The van der Waals surface area contributed by atoms with Crippen molar-refractivity contribution in [3.63, 3.8) is 0 Å². The SMILES string of the molecule is CCCC(C)(O)CNc1nnc(Cl)c(C)c1C. The van der Waals surface area contributed by atoms with E-state index in [0.717, 1.165) is 24.0 Å². The zero-order chi connectivity index (χ0) is 13.1. The second-order valence-electron chi connectivity index (χ2n) is 4.69. The van der Waals surface area contributed by atoms with Crippen LogP contribution in [0.15, 0.2) is 0 Å². The maximum absolute atomic E-state index is 10.1. The molecule has 17 heavy (non-hydrogen) atoms. The Morgan fingerprint density at radius 2 is 1.94 bits per heavy atom. The van der Waals surface area contributed by atoms with E-state index in [4.69, 9.17) is 11.6 Å². The molecule has 1 atom stereocenters. The van der Waals surface area contributed by atoms with E-state index in [1.807, 2.05) is 27.7 Å². The van der Waals surface area contributed by atoms with E-state index in [-0.39, 0.29) is 0 Å². The second kappa shape index (κ2) is 5.65. The highest BCUT2D eigenvalue weighted by atomic mass is 35.5. The number of nitrogens with zero attached hydrogens (tertiary/aromatic N) is 2. The highest BCUT2D eigenvalue weighted by Gasteiger charge is 2.19. The van der Waals surface area contributed by atoms with Crippen LogP contribution in [-0.2, 0) is 0 Å². The van der Waals surface area contributed by atoms with Crippen LogP contribution in [0.4, 0.5) is 5.82 Å². The summed E-state index contributed by atoms with van der Waals surface area (Å²) >= 11 is 5.87. The van der Waals surface area contributed by atoms with Crippen molar-refractivity contribution >= 4 is 17.4 Å². The van der Waals surface area contributed by atoms with Gasteiger partial charge in [0.25, 0.3) is 0 Å². The summed E-state index contributed by atoms with van der Waals surface area (Å²) in [5.41, 5.74) is 1.16. The maximum Gasteiger partial charge on any atom is 0.155 e. The first-order chi connectivity index (χ1) is 7.87. The number of halogens is 1. The van der Waals surface area contributed by atoms with Crippen LogP contribution in [0.5, 0.6) is 0 Å². The summed E-state index contributed by atoms with van der Waals surface area (Å²) in [7, 11) is 0. The van der Waals surface area contributed by atoms with Gasteiger partial charge in [0.05, 0.1) is 5.60 Å². The Bertz CT molecular complexity index is 394. The van der Waals surface area contributed by atoms with Crippen molar-refractivity contribution in [2.24, 2.45) is 0 Å². The molecule has 1 unspecified atom stereocenters. The summed E-state index contributed by atoms with van der Waals surface area (Å²) in [6, 6.07) is 0. The van der Waals surface area contributed by atoms with Crippen LogP contribution in [0.3, 0.4) is 0 Å². The molecule has 0 aromatic carbocycles. The molecule has 0 fully saturated rings.